The first-order valence-corrected chi connectivity index (χ1v) is 7.05. The van der Waals surface area contributed by atoms with Gasteiger partial charge in [0.1, 0.15) is 0 Å². The first kappa shape index (κ1) is 14.4. The molecule has 1 aliphatic rings. The largest absolute Gasteiger partial charge is 0.339 e. The predicted octanol–water partition coefficient (Wildman–Crippen LogP) is 0.515. The lowest BCUT2D eigenvalue weighted by Crippen LogP contribution is -2.45. The van der Waals surface area contributed by atoms with E-state index in [1.54, 1.807) is 0 Å². The minimum atomic E-state index is 0.231. The molecular formula is C13H25N5O. The van der Waals surface area contributed by atoms with Crippen LogP contribution in [0.3, 0.4) is 0 Å². The SMILES string of the molecule is CCC(CN)Cc1nc(C2CN(C)CCN2C)no1. The molecule has 108 valence electrons. The minimum Gasteiger partial charge on any atom is -0.339 e. The molecule has 1 aliphatic heterocycles. The van der Waals surface area contributed by atoms with Crippen LogP contribution in [0.25, 0.3) is 0 Å². The van der Waals surface area contributed by atoms with E-state index in [1.165, 1.54) is 0 Å². The Kier molecular flexibility index (Phi) is 4.90. The summed E-state index contributed by atoms with van der Waals surface area (Å²) < 4.78 is 5.37. The van der Waals surface area contributed by atoms with E-state index in [0.717, 1.165) is 38.3 Å². The van der Waals surface area contributed by atoms with Crippen molar-refractivity contribution in [3.63, 3.8) is 0 Å². The molecule has 0 saturated carbocycles. The van der Waals surface area contributed by atoms with Crippen LogP contribution >= 0.6 is 0 Å². The molecule has 1 aromatic rings. The van der Waals surface area contributed by atoms with Gasteiger partial charge in [-0.2, -0.15) is 4.98 Å². The molecule has 0 radical (unpaired) electrons. The fraction of sp³-hybridized carbons (Fsp3) is 0.846. The second-order valence-electron chi connectivity index (χ2n) is 5.52. The van der Waals surface area contributed by atoms with Crippen molar-refractivity contribution in [3.8, 4) is 0 Å². The van der Waals surface area contributed by atoms with Crippen LogP contribution < -0.4 is 5.73 Å². The zero-order valence-electron chi connectivity index (χ0n) is 12.2. The van der Waals surface area contributed by atoms with Crippen LogP contribution in [0.4, 0.5) is 0 Å². The van der Waals surface area contributed by atoms with Crippen molar-refractivity contribution < 1.29 is 4.52 Å². The van der Waals surface area contributed by atoms with E-state index >= 15 is 0 Å². The Balaban J connectivity index is 2.03. The summed E-state index contributed by atoms with van der Waals surface area (Å²) >= 11 is 0. The maximum Gasteiger partial charge on any atom is 0.227 e. The van der Waals surface area contributed by atoms with Crippen LogP contribution in [0, 0.1) is 5.92 Å². The molecule has 2 heterocycles. The molecule has 0 aliphatic carbocycles. The van der Waals surface area contributed by atoms with Crippen molar-refractivity contribution in [1.82, 2.24) is 19.9 Å². The third-order valence-electron chi connectivity index (χ3n) is 4.01. The third kappa shape index (κ3) is 3.52. The topological polar surface area (TPSA) is 71.4 Å². The number of aromatic nitrogens is 2. The Bertz CT molecular complexity index is 390. The fourth-order valence-corrected chi connectivity index (χ4v) is 2.42. The second-order valence-corrected chi connectivity index (χ2v) is 5.52. The minimum absolute atomic E-state index is 0.231. The van der Waals surface area contributed by atoms with Gasteiger partial charge >= 0.3 is 0 Å². The lowest BCUT2D eigenvalue weighted by atomic mass is 10.0. The summed E-state index contributed by atoms with van der Waals surface area (Å²) in [6.07, 6.45) is 1.83. The molecular weight excluding hydrogens is 242 g/mol. The standard InChI is InChI=1S/C13H25N5O/c1-4-10(8-14)7-12-15-13(16-19-12)11-9-17(2)5-6-18(11)3/h10-11H,4-9,14H2,1-3H3. The zero-order valence-corrected chi connectivity index (χ0v) is 12.2. The summed E-state index contributed by atoms with van der Waals surface area (Å²) in [5.41, 5.74) is 5.72. The molecule has 1 aromatic heterocycles. The molecule has 6 nitrogen and oxygen atoms in total. The zero-order chi connectivity index (χ0) is 13.8. The Labute approximate surface area is 114 Å². The van der Waals surface area contributed by atoms with Crippen molar-refractivity contribution in [2.75, 3.05) is 40.3 Å². The van der Waals surface area contributed by atoms with Crippen LogP contribution in [0.1, 0.15) is 31.1 Å². The van der Waals surface area contributed by atoms with Gasteiger partial charge in [-0.1, -0.05) is 18.5 Å². The number of hydrogen-bond acceptors (Lipinski definition) is 6. The Morgan fingerprint density at radius 1 is 1.42 bits per heavy atom. The van der Waals surface area contributed by atoms with Gasteiger partial charge in [0.25, 0.3) is 0 Å². The lowest BCUT2D eigenvalue weighted by Gasteiger charge is -2.35. The molecule has 2 unspecified atom stereocenters. The van der Waals surface area contributed by atoms with Crippen LogP contribution in [0.15, 0.2) is 4.52 Å². The van der Waals surface area contributed by atoms with E-state index in [2.05, 4.69) is 41.0 Å². The van der Waals surface area contributed by atoms with Crippen molar-refractivity contribution >= 4 is 0 Å². The number of likely N-dealkylation sites (N-methyl/N-ethyl adjacent to an activating group) is 2. The van der Waals surface area contributed by atoms with Gasteiger partial charge in [0, 0.05) is 26.1 Å². The Morgan fingerprint density at radius 2 is 2.21 bits per heavy atom. The molecule has 1 fully saturated rings. The highest BCUT2D eigenvalue weighted by molar-refractivity contribution is 4.98. The first-order chi connectivity index (χ1) is 9.13. The molecule has 0 spiro atoms. The summed E-state index contributed by atoms with van der Waals surface area (Å²) in [6, 6.07) is 0.231. The molecule has 2 atom stereocenters. The molecule has 0 bridgehead atoms. The molecule has 2 N–H and O–H groups in total. The highest BCUT2D eigenvalue weighted by atomic mass is 16.5. The Morgan fingerprint density at radius 3 is 2.89 bits per heavy atom. The third-order valence-corrected chi connectivity index (χ3v) is 4.01. The maximum absolute atomic E-state index is 5.72. The van der Waals surface area contributed by atoms with Crippen LogP contribution in [-0.4, -0.2) is 60.2 Å². The summed E-state index contributed by atoms with van der Waals surface area (Å²) in [5.74, 6) is 1.95. The summed E-state index contributed by atoms with van der Waals surface area (Å²) in [4.78, 5) is 9.14. The van der Waals surface area contributed by atoms with E-state index in [9.17, 15) is 0 Å². The van der Waals surface area contributed by atoms with Gasteiger partial charge in [-0.3, -0.25) is 4.90 Å². The number of hydrogen-bond donors (Lipinski definition) is 1. The number of nitrogens with two attached hydrogens (primary N) is 1. The second kappa shape index (κ2) is 6.45. The summed E-state index contributed by atoms with van der Waals surface area (Å²) in [7, 11) is 4.24. The average Bonchev–Trinajstić information content (AvgIpc) is 2.87. The molecule has 2 rings (SSSR count). The van der Waals surface area contributed by atoms with Crippen molar-refractivity contribution in [2.24, 2.45) is 11.7 Å². The highest BCUT2D eigenvalue weighted by Gasteiger charge is 2.28. The highest BCUT2D eigenvalue weighted by Crippen LogP contribution is 2.21. The van der Waals surface area contributed by atoms with Gasteiger partial charge in [-0.15, -0.1) is 0 Å². The van der Waals surface area contributed by atoms with Gasteiger partial charge in [0.15, 0.2) is 5.82 Å². The van der Waals surface area contributed by atoms with Gasteiger partial charge in [-0.25, -0.2) is 0 Å². The van der Waals surface area contributed by atoms with E-state index in [1.807, 2.05) is 0 Å². The van der Waals surface area contributed by atoms with Gasteiger partial charge < -0.3 is 15.2 Å². The number of piperazine rings is 1. The van der Waals surface area contributed by atoms with Crippen molar-refractivity contribution in [1.29, 1.82) is 0 Å². The van der Waals surface area contributed by atoms with E-state index in [-0.39, 0.29) is 6.04 Å². The quantitative estimate of drug-likeness (QED) is 0.838. The van der Waals surface area contributed by atoms with Crippen molar-refractivity contribution in [2.45, 2.75) is 25.8 Å². The average molecular weight is 267 g/mol. The monoisotopic (exact) mass is 267 g/mol. The van der Waals surface area contributed by atoms with Crippen LogP contribution in [0.2, 0.25) is 0 Å². The fourth-order valence-electron chi connectivity index (χ4n) is 2.42. The van der Waals surface area contributed by atoms with E-state index < -0.39 is 0 Å². The van der Waals surface area contributed by atoms with Gasteiger partial charge in [0.2, 0.25) is 5.89 Å². The predicted molar refractivity (Wildman–Crippen MR) is 73.7 cm³/mol. The number of rotatable bonds is 5. The maximum atomic E-state index is 5.72. The molecule has 1 saturated heterocycles. The van der Waals surface area contributed by atoms with Gasteiger partial charge in [0.05, 0.1) is 6.04 Å². The normalized spacial score (nSPS) is 23.7. The van der Waals surface area contributed by atoms with E-state index in [4.69, 9.17) is 10.3 Å². The molecule has 0 aromatic carbocycles. The lowest BCUT2D eigenvalue weighted by molar-refractivity contribution is 0.108. The molecule has 6 heteroatoms. The smallest absolute Gasteiger partial charge is 0.227 e. The molecule has 19 heavy (non-hydrogen) atoms. The first-order valence-electron chi connectivity index (χ1n) is 7.05. The summed E-state index contributed by atoms with van der Waals surface area (Å²) in [6.45, 7) is 5.87. The molecule has 0 amide bonds. The Hall–Kier alpha value is -0.980. The number of nitrogens with zero attached hydrogens (tertiary/aromatic N) is 4. The van der Waals surface area contributed by atoms with Crippen LogP contribution in [0.5, 0.6) is 0 Å². The van der Waals surface area contributed by atoms with Crippen LogP contribution in [-0.2, 0) is 6.42 Å². The van der Waals surface area contributed by atoms with E-state index in [0.29, 0.717) is 18.4 Å². The summed E-state index contributed by atoms with van der Waals surface area (Å²) in [5, 5.41) is 4.15. The van der Waals surface area contributed by atoms with Crippen molar-refractivity contribution in [3.05, 3.63) is 11.7 Å². The van der Waals surface area contributed by atoms with Gasteiger partial charge in [-0.05, 0) is 26.6 Å².